The third kappa shape index (κ3) is 9.37. The Morgan fingerprint density at radius 3 is 2.24 bits per heavy atom. The second kappa shape index (κ2) is 16.6. The molecule has 3 amide bonds. The number of alkyl halides is 3. The fourth-order valence-electron chi connectivity index (χ4n) is 5.69. The summed E-state index contributed by atoms with van der Waals surface area (Å²) in [6.07, 6.45) is 2.73. The molecule has 0 saturated carbocycles. The van der Waals surface area contributed by atoms with Gasteiger partial charge in [0, 0.05) is 32.2 Å². The summed E-state index contributed by atoms with van der Waals surface area (Å²) in [5.41, 5.74) is 0.330. The Kier molecular flexibility index (Phi) is 12.1. The topological polar surface area (TPSA) is 102 Å². The molecule has 0 spiro atoms. The minimum absolute atomic E-state index is 0.101. The standard InChI is InChI=1S/C32H31F4N7O2S.C4H8/c33-24-8-4-5-9-25(24)40-30(45)43-17-14-23(19-43)38-26-11-10-22(18-37-26)39-29(44)27-28(32(34,35)36)41-31(46-27)42-15-12-21(13-16-42)20-6-2-1-3-7-20;1-3-4-2/h1-11,18,21,23H,12-17,19H2,(H,37,38)(H,39,44)(H,40,45);3-4H,1-2H3/b;4-3-. The first-order valence-electron chi connectivity index (χ1n) is 16.3. The Bertz CT molecular complexity index is 1750. The van der Waals surface area contributed by atoms with Gasteiger partial charge in [0.2, 0.25) is 0 Å². The van der Waals surface area contributed by atoms with Crippen molar-refractivity contribution in [3.63, 3.8) is 0 Å². The molecule has 0 bridgehead atoms. The minimum Gasteiger partial charge on any atom is -0.365 e. The summed E-state index contributed by atoms with van der Waals surface area (Å²) in [5.74, 6) is -0.643. The summed E-state index contributed by atoms with van der Waals surface area (Å²) in [5, 5.41) is 8.47. The molecule has 4 heterocycles. The van der Waals surface area contributed by atoms with E-state index in [1.54, 1.807) is 17.0 Å². The van der Waals surface area contributed by atoms with Crippen molar-refractivity contribution in [1.82, 2.24) is 14.9 Å². The number of anilines is 4. The summed E-state index contributed by atoms with van der Waals surface area (Å²) < 4.78 is 55.7. The Labute approximate surface area is 292 Å². The number of para-hydroxylation sites is 1. The summed E-state index contributed by atoms with van der Waals surface area (Å²) >= 11 is 0.737. The van der Waals surface area contributed by atoms with Crippen LogP contribution in [-0.2, 0) is 6.18 Å². The second-order valence-corrected chi connectivity index (χ2v) is 12.9. The van der Waals surface area contributed by atoms with E-state index in [2.05, 4.69) is 38.1 Å². The first-order valence-corrected chi connectivity index (χ1v) is 17.2. The van der Waals surface area contributed by atoms with Crippen LogP contribution in [-0.4, -0.2) is 59.0 Å². The van der Waals surface area contributed by atoms with E-state index < -0.39 is 34.5 Å². The van der Waals surface area contributed by atoms with Gasteiger partial charge in [-0.3, -0.25) is 4.79 Å². The number of nitrogens with one attached hydrogen (secondary N) is 3. The van der Waals surface area contributed by atoms with Gasteiger partial charge < -0.3 is 25.8 Å². The number of benzene rings is 2. The molecular formula is C36H39F4N7O2S. The van der Waals surface area contributed by atoms with Gasteiger partial charge >= 0.3 is 12.2 Å². The Morgan fingerprint density at radius 2 is 1.60 bits per heavy atom. The second-order valence-electron chi connectivity index (χ2n) is 11.9. The van der Waals surface area contributed by atoms with Crippen LogP contribution in [0.15, 0.2) is 85.1 Å². The predicted molar refractivity (Wildman–Crippen MR) is 189 cm³/mol. The lowest BCUT2D eigenvalue weighted by molar-refractivity contribution is -0.141. The van der Waals surface area contributed by atoms with E-state index in [4.69, 9.17) is 0 Å². The molecule has 2 fully saturated rings. The third-order valence-electron chi connectivity index (χ3n) is 8.42. The zero-order chi connectivity index (χ0) is 35.7. The molecule has 6 rings (SSSR count). The number of aromatic nitrogens is 2. The highest BCUT2D eigenvalue weighted by molar-refractivity contribution is 7.17. The number of amides is 3. The number of likely N-dealkylation sites (tertiary alicyclic amines) is 1. The maximum Gasteiger partial charge on any atom is 0.435 e. The number of hydrogen-bond donors (Lipinski definition) is 3. The number of thiazole rings is 1. The average molecular weight is 710 g/mol. The number of carbonyl (C=O) groups excluding carboxylic acids is 2. The number of allylic oxidation sites excluding steroid dienone is 2. The van der Waals surface area contributed by atoms with Crippen molar-refractivity contribution < 1.29 is 27.2 Å². The van der Waals surface area contributed by atoms with Crippen molar-refractivity contribution in [1.29, 1.82) is 0 Å². The Balaban J connectivity index is 0.00000115. The summed E-state index contributed by atoms with van der Waals surface area (Å²) in [6, 6.07) is 18.5. The fraction of sp³-hybridized carbons (Fsp3) is 0.333. The average Bonchev–Trinajstić information content (AvgIpc) is 3.79. The van der Waals surface area contributed by atoms with E-state index in [0.29, 0.717) is 44.3 Å². The van der Waals surface area contributed by atoms with Crippen LogP contribution in [0.25, 0.3) is 0 Å². The van der Waals surface area contributed by atoms with Gasteiger partial charge in [-0.25, -0.2) is 19.2 Å². The number of carbonyl (C=O) groups is 2. The zero-order valence-electron chi connectivity index (χ0n) is 27.7. The van der Waals surface area contributed by atoms with Crippen molar-refractivity contribution in [2.75, 3.05) is 47.0 Å². The number of urea groups is 1. The Morgan fingerprint density at radius 1 is 0.900 bits per heavy atom. The first kappa shape index (κ1) is 36.3. The molecule has 0 radical (unpaired) electrons. The summed E-state index contributed by atoms with van der Waals surface area (Å²) in [7, 11) is 0. The summed E-state index contributed by atoms with van der Waals surface area (Å²) in [6.45, 7) is 5.89. The van der Waals surface area contributed by atoms with Crippen LogP contribution < -0.4 is 20.9 Å². The fourth-order valence-corrected chi connectivity index (χ4v) is 6.72. The van der Waals surface area contributed by atoms with Gasteiger partial charge in [0.25, 0.3) is 5.91 Å². The van der Waals surface area contributed by atoms with Crippen molar-refractivity contribution in [3.05, 3.63) is 107 Å². The van der Waals surface area contributed by atoms with Gasteiger partial charge in [0.1, 0.15) is 16.5 Å². The lowest BCUT2D eigenvalue weighted by Gasteiger charge is -2.32. The number of pyridine rings is 1. The molecule has 4 aromatic rings. The largest absolute Gasteiger partial charge is 0.435 e. The van der Waals surface area contributed by atoms with Crippen LogP contribution in [0.2, 0.25) is 0 Å². The lowest BCUT2D eigenvalue weighted by atomic mass is 9.90. The first-order chi connectivity index (χ1) is 24.0. The third-order valence-corrected chi connectivity index (χ3v) is 9.54. The molecule has 14 heteroatoms. The van der Waals surface area contributed by atoms with Gasteiger partial charge in [-0.05, 0) is 68.9 Å². The molecule has 2 aromatic heterocycles. The molecule has 3 N–H and O–H groups in total. The van der Waals surface area contributed by atoms with E-state index in [0.717, 1.165) is 24.2 Å². The zero-order valence-corrected chi connectivity index (χ0v) is 28.5. The van der Waals surface area contributed by atoms with Crippen molar-refractivity contribution in [2.45, 2.75) is 51.2 Å². The highest BCUT2D eigenvalue weighted by atomic mass is 32.1. The smallest absolute Gasteiger partial charge is 0.365 e. The molecule has 2 aliphatic rings. The number of nitrogens with zero attached hydrogens (tertiary/aromatic N) is 4. The van der Waals surface area contributed by atoms with Gasteiger partial charge in [-0.1, -0.05) is 66.0 Å². The molecule has 2 aliphatic heterocycles. The quantitative estimate of drug-likeness (QED) is 0.131. The van der Waals surface area contributed by atoms with Crippen LogP contribution in [0.4, 0.5) is 44.7 Å². The molecule has 2 saturated heterocycles. The molecule has 9 nitrogen and oxygen atoms in total. The maximum absolute atomic E-state index is 13.9. The predicted octanol–water partition coefficient (Wildman–Crippen LogP) is 8.63. The lowest BCUT2D eigenvalue weighted by Crippen LogP contribution is -2.35. The normalized spacial score (nSPS) is 16.6. The highest BCUT2D eigenvalue weighted by Crippen LogP contribution is 2.39. The van der Waals surface area contributed by atoms with E-state index in [1.807, 2.05) is 49.1 Å². The molecular weight excluding hydrogens is 671 g/mol. The van der Waals surface area contributed by atoms with E-state index >= 15 is 0 Å². The van der Waals surface area contributed by atoms with Crippen LogP contribution in [0, 0.1) is 5.82 Å². The monoisotopic (exact) mass is 709 g/mol. The molecule has 2 aromatic carbocycles. The van der Waals surface area contributed by atoms with Crippen molar-refractivity contribution in [3.8, 4) is 0 Å². The number of hydrogen-bond acceptors (Lipinski definition) is 7. The van der Waals surface area contributed by atoms with Gasteiger partial charge in [-0.2, -0.15) is 13.2 Å². The van der Waals surface area contributed by atoms with E-state index in [9.17, 15) is 27.2 Å². The molecule has 50 heavy (non-hydrogen) atoms. The molecule has 264 valence electrons. The highest BCUT2D eigenvalue weighted by Gasteiger charge is 2.40. The van der Waals surface area contributed by atoms with Gasteiger partial charge in [0.15, 0.2) is 10.8 Å². The van der Waals surface area contributed by atoms with Crippen LogP contribution >= 0.6 is 11.3 Å². The van der Waals surface area contributed by atoms with Crippen molar-refractivity contribution in [2.24, 2.45) is 0 Å². The molecule has 1 atom stereocenters. The maximum atomic E-state index is 13.9. The molecule has 1 unspecified atom stereocenters. The van der Waals surface area contributed by atoms with Crippen LogP contribution in [0.3, 0.4) is 0 Å². The minimum atomic E-state index is -4.79. The van der Waals surface area contributed by atoms with Crippen molar-refractivity contribution >= 4 is 45.6 Å². The Hall–Kier alpha value is -4.98. The van der Waals surface area contributed by atoms with Crippen LogP contribution in [0.5, 0.6) is 0 Å². The number of rotatable bonds is 7. The number of halogens is 4. The van der Waals surface area contributed by atoms with Gasteiger partial charge in [-0.15, -0.1) is 0 Å². The van der Waals surface area contributed by atoms with E-state index in [-0.39, 0.29) is 22.5 Å². The van der Waals surface area contributed by atoms with Crippen LogP contribution in [0.1, 0.15) is 60.0 Å². The van der Waals surface area contributed by atoms with E-state index in [1.165, 1.54) is 36.0 Å². The summed E-state index contributed by atoms with van der Waals surface area (Å²) in [4.78, 5) is 36.6. The van der Waals surface area contributed by atoms with Gasteiger partial charge in [0.05, 0.1) is 17.6 Å². The SMILES string of the molecule is C/C=C\C.O=C(Nc1ccc(NC2CCN(C(=O)Nc3ccccc3F)C2)nc1)c1sc(N2CCC(c3ccccc3)CC2)nc1C(F)(F)F. The molecule has 0 aliphatic carbocycles. The number of piperidine rings is 1.